The second kappa shape index (κ2) is 9.80. The van der Waals surface area contributed by atoms with Crippen LogP contribution in [-0.2, 0) is 6.61 Å². The minimum absolute atomic E-state index is 0.472. The molecule has 0 radical (unpaired) electrons. The number of fused-ring (bicyclic) bond motifs is 1. The van der Waals surface area contributed by atoms with Crippen LogP contribution in [0.1, 0.15) is 5.56 Å². The van der Waals surface area contributed by atoms with Gasteiger partial charge in [0.2, 0.25) is 0 Å². The third kappa shape index (κ3) is 4.79. The normalized spacial score (nSPS) is 10.8. The Morgan fingerprint density at radius 2 is 1.59 bits per heavy atom. The van der Waals surface area contributed by atoms with Crippen LogP contribution in [0.4, 0.5) is 11.5 Å². The molecule has 170 valence electrons. The molecule has 0 saturated heterocycles. The molecule has 0 amide bonds. The van der Waals surface area contributed by atoms with Crippen LogP contribution in [0.25, 0.3) is 20.7 Å². The second-order valence-electron chi connectivity index (χ2n) is 7.57. The van der Waals surface area contributed by atoms with E-state index in [1.165, 1.54) is 0 Å². The molecular weight excluding hydrogens is 446 g/mol. The molecule has 0 aliphatic carbocycles. The predicted octanol–water partition coefficient (Wildman–Crippen LogP) is 6.70. The molecule has 2 aromatic heterocycles. The van der Waals surface area contributed by atoms with E-state index < -0.39 is 0 Å². The Bertz CT molecular complexity index is 1420. The van der Waals surface area contributed by atoms with E-state index in [1.54, 1.807) is 31.9 Å². The first kappa shape index (κ1) is 21.7. The third-order valence-corrected chi connectivity index (χ3v) is 6.51. The summed E-state index contributed by atoms with van der Waals surface area (Å²) in [4.78, 5) is 10.1. The number of anilines is 2. The van der Waals surface area contributed by atoms with Crippen molar-refractivity contribution in [2.24, 2.45) is 0 Å². The van der Waals surface area contributed by atoms with Gasteiger partial charge < -0.3 is 19.5 Å². The Labute approximate surface area is 201 Å². The number of aromatic nitrogens is 2. The number of hydrogen-bond acceptors (Lipinski definition) is 7. The van der Waals surface area contributed by atoms with Gasteiger partial charge in [0.1, 0.15) is 30.2 Å². The summed E-state index contributed by atoms with van der Waals surface area (Å²) in [5, 5.41) is 3.43. The summed E-state index contributed by atoms with van der Waals surface area (Å²) in [5.74, 6) is 3.19. The summed E-state index contributed by atoms with van der Waals surface area (Å²) in [5.41, 5.74) is 3.94. The number of ether oxygens (including phenoxy) is 3. The molecule has 0 fully saturated rings. The minimum Gasteiger partial charge on any atom is -0.497 e. The average molecular weight is 470 g/mol. The van der Waals surface area contributed by atoms with Gasteiger partial charge in [-0.1, -0.05) is 30.3 Å². The maximum atomic E-state index is 5.99. The van der Waals surface area contributed by atoms with Crippen molar-refractivity contribution in [1.82, 2.24) is 9.97 Å². The van der Waals surface area contributed by atoms with Crippen LogP contribution in [0.15, 0.2) is 85.2 Å². The summed E-state index contributed by atoms with van der Waals surface area (Å²) in [6.45, 7) is 0.472. The van der Waals surface area contributed by atoms with Crippen LogP contribution >= 0.6 is 11.3 Å². The topological polar surface area (TPSA) is 65.5 Å². The fourth-order valence-electron chi connectivity index (χ4n) is 3.55. The molecule has 3 aromatic carbocycles. The fourth-order valence-corrected chi connectivity index (χ4v) is 4.60. The van der Waals surface area contributed by atoms with Crippen molar-refractivity contribution in [2.45, 2.75) is 6.61 Å². The van der Waals surface area contributed by atoms with Crippen molar-refractivity contribution in [2.75, 3.05) is 19.5 Å². The zero-order chi connectivity index (χ0) is 23.3. The van der Waals surface area contributed by atoms with E-state index in [1.807, 2.05) is 66.7 Å². The highest BCUT2D eigenvalue weighted by Crippen LogP contribution is 2.37. The van der Waals surface area contributed by atoms with Gasteiger partial charge in [-0.15, -0.1) is 11.3 Å². The zero-order valence-electron chi connectivity index (χ0n) is 18.8. The van der Waals surface area contributed by atoms with E-state index >= 15 is 0 Å². The minimum atomic E-state index is 0.472. The number of methoxy groups -OCH3 is 2. The number of nitrogens with one attached hydrogen (secondary N) is 1. The molecule has 0 spiro atoms. The lowest BCUT2D eigenvalue weighted by atomic mass is 10.2. The van der Waals surface area contributed by atoms with Gasteiger partial charge >= 0.3 is 0 Å². The van der Waals surface area contributed by atoms with Gasteiger partial charge in [-0.2, -0.15) is 0 Å². The van der Waals surface area contributed by atoms with Crippen molar-refractivity contribution >= 4 is 33.1 Å². The summed E-state index contributed by atoms with van der Waals surface area (Å²) < 4.78 is 17.6. The Morgan fingerprint density at radius 1 is 0.794 bits per heavy atom. The number of benzene rings is 3. The van der Waals surface area contributed by atoms with Crippen LogP contribution in [-0.4, -0.2) is 24.2 Å². The lowest BCUT2D eigenvalue weighted by molar-refractivity contribution is 0.306. The van der Waals surface area contributed by atoms with Gasteiger partial charge in [-0.05, 0) is 53.6 Å². The Kier molecular flexibility index (Phi) is 6.27. The Balaban J connectivity index is 1.35. The summed E-state index contributed by atoms with van der Waals surface area (Å²) in [7, 11) is 3.33. The third-order valence-electron chi connectivity index (χ3n) is 5.33. The molecule has 34 heavy (non-hydrogen) atoms. The largest absolute Gasteiger partial charge is 0.497 e. The quantitative estimate of drug-likeness (QED) is 0.273. The van der Waals surface area contributed by atoms with Crippen LogP contribution in [0.3, 0.4) is 0 Å². The fraction of sp³-hybridized carbons (Fsp3) is 0.111. The molecule has 5 rings (SSSR count). The van der Waals surface area contributed by atoms with Gasteiger partial charge in [0.25, 0.3) is 0 Å². The summed E-state index contributed by atoms with van der Waals surface area (Å²) >= 11 is 1.65. The summed E-state index contributed by atoms with van der Waals surface area (Å²) in [6.07, 6.45) is 1.58. The van der Waals surface area contributed by atoms with E-state index in [0.717, 1.165) is 55.0 Å². The van der Waals surface area contributed by atoms with E-state index in [0.29, 0.717) is 6.61 Å². The molecular formula is C27H23N3O3S. The van der Waals surface area contributed by atoms with Crippen molar-refractivity contribution in [3.8, 4) is 27.7 Å². The highest BCUT2D eigenvalue weighted by molar-refractivity contribution is 7.22. The van der Waals surface area contributed by atoms with Crippen molar-refractivity contribution in [1.29, 1.82) is 0 Å². The number of hydrogen-bond donors (Lipinski definition) is 1. The van der Waals surface area contributed by atoms with Crippen LogP contribution in [0.5, 0.6) is 17.2 Å². The van der Waals surface area contributed by atoms with Gasteiger partial charge in [0, 0.05) is 16.6 Å². The van der Waals surface area contributed by atoms with E-state index in [2.05, 4.69) is 27.4 Å². The van der Waals surface area contributed by atoms with E-state index in [4.69, 9.17) is 14.2 Å². The molecule has 0 saturated carbocycles. The zero-order valence-corrected chi connectivity index (χ0v) is 19.6. The van der Waals surface area contributed by atoms with Gasteiger partial charge in [-0.3, -0.25) is 0 Å². The molecule has 0 aliphatic heterocycles. The molecule has 5 aromatic rings. The highest BCUT2D eigenvalue weighted by atomic mass is 32.1. The van der Waals surface area contributed by atoms with Gasteiger partial charge in [0.15, 0.2) is 5.82 Å². The van der Waals surface area contributed by atoms with Gasteiger partial charge in [-0.25, -0.2) is 9.97 Å². The molecule has 0 bridgehead atoms. The maximum Gasteiger partial charge on any atom is 0.151 e. The first-order chi connectivity index (χ1) is 16.7. The van der Waals surface area contributed by atoms with E-state index in [-0.39, 0.29) is 0 Å². The molecule has 2 heterocycles. The Hall–Kier alpha value is -4.10. The molecule has 6 nitrogen and oxygen atoms in total. The lowest BCUT2D eigenvalue weighted by Crippen LogP contribution is -1.97. The SMILES string of the molecule is COc1ccc(COc2cccc(Nc3ncnc4cc(-c5cccc(OC)c5)sc34)c2)cc1. The first-order valence-corrected chi connectivity index (χ1v) is 11.6. The number of nitrogens with zero attached hydrogens (tertiary/aromatic N) is 2. The average Bonchev–Trinajstić information content (AvgIpc) is 3.34. The van der Waals surface area contributed by atoms with Crippen molar-refractivity contribution < 1.29 is 14.2 Å². The van der Waals surface area contributed by atoms with Crippen molar-refractivity contribution in [3.63, 3.8) is 0 Å². The number of thiophene rings is 1. The highest BCUT2D eigenvalue weighted by Gasteiger charge is 2.11. The standard InChI is InChI=1S/C27H23N3O3S/c1-31-21-11-9-18(10-12-21)16-33-23-8-4-6-20(14-23)30-27-26-24(28-17-29-27)15-25(34-26)19-5-3-7-22(13-19)32-2/h3-15,17H,16H2,1-2H3,(H,28,29,30). The first-order valence-electron chi connectivity index (χ1n) is 10.7. The smallest absolute Gasteiger partial charge is 0.151 e. The lowest BCUT2D eigenvalue weighted by Gasteiger charge is -2.10. The predicted molar refractivity (Wildman–Crippen MR) is 136 cm³/mol. The number of rotatable bonds is 8. The molecule has 1 N–H and O–H groups in total. The molecule has 0 aliphatic rings. The molecule has 0 unspecified atom stereocenters. The maximum absolute atomic E-state index is 5.99. The van der Waals surface area contributed by atoms with Crippen LogP contribution in [0.2, 0.25) is 0 Å². The molecule has 7 heteroatoms. The van der Waals surface area contributed by atoms with E-state index in [9.17, 15) is 0 Å². The Morgan fingerprint density at radius 3 is 2.41 bits per heavy atom. The molecule has 0 atom stereocenters. The summed E-state index contributed by atoms with van der Waals surface area (Å²) in [6, 6.07) is 25.8. The van der Waals surface area contributed by atoms with Crippen LogP contribution in [0, 0.1) is 0 Å². The second-order valence-corrected chi connectivity index (χ2v) is 8.62. The van der Waals surface area contributed by atoms with Gasteiger partial charge in [0.05, 0.1) is 24.4 Å². The van der Waals surface area contributed by atoms with Crippen molar-refractivity contribution in [3.05, 3.63) is 90.8 Å². The monoisotopic (exact) mass is 469 g/mol. The van der Waals surface area contributed by atoms with Crippen LogP contribution < -0.4 is 19.5 Å².